The fourth-order valence-corrected chi connectivity index (χ4v) is 2.31. The zero-order chi connectivity index (χ0) is 18.6. The van der Waals surface area contributed by atoms with Crippen LogP contribution in [0.4, 0.5) is 5.69 Å². The second-order valence-electron chi connectivity index (χ2n) is 5.80. The molecule has 2 aromatic rings. The van der Waals surface area contributed by atoms with Crippen LogP contribution in [-0.4, -0.2) is 38.6 Å². The Bertz CT molecular complexity index is 687. The Morgan fingerprint density at radius 3 is 2.38 bits per heavy atom. The smallest absolute Gasteiger partial charge is 0.251 e. The second-order valence-corrected chi connectivity index (χ2v) is 5.80. The second kappa shape index (κ2) is 10.9. The first-order valence-electron chi connectivity index (χ1n) is 8.60. The van der Waals surface area contributed by atoms with Crippen LogP contribution < -0.4 is 16.0 Å². The molecule has 2 aromatic carbocycles. The largest absolute Gasteiger partial charge is 0.385 e. The molecule has 26 heavy (non-hydrogen) atoms. The topological polar surface area (TPSA) is 79.5 Å². The molecular weight excluding hydrogens is 330 g/mol. The highest BCUT2D eigenvalue weighted by Gasteiger charge is 2.06. The van der Waals surface area contributed by atoms with Gasteiger partial charge in [0.25, 0.3) is 5.91 Å². The molecule has 0 saturated heterocycles. The lowest BCUT2D eigenvalue weighted by atomic mass is 10.1. The van der Waals surface area contributed by atoms with E-state index in [1.54, 1.807) is 31.4 Å². The van der Waals surface area contributed by atoms with Crippen LogP contribution >= 0.6 is 0 Å². The van der Waals surface area contributed by atoms with Crippen molar-refractivity contribution in [3.63, 3.8) is 0 Å². The van der Waals surface area contributed by atoms with Crippen molar-refractivity contribution < 1.29 is 14.3 Å². The van der Waals surface area contributed by atoms with Crippen molar-refractivity contribution in [2.75, 3.05) is 32.1 Å². The predicted octanol–water partition coefficient (Wildman–Crippen LogP) is 2.18. The fraction of sp³-hybridized carbons (Fsp3) is 0.300. The maximum atomic E-state index is 12.2. The molecule has 0 aliphatic rings. The molecule has 0 aromatic heterocycles. The number of carbonyl (C=O) groups excluding carboxylic acids is 2. The van der Waals surface area contributed by atoms with Crippen LogP contribution in [0.1, 0.15) is 22.3 Å². The van der Waals surface area contributed by atoms with E-state index in [0.29, 0.717) is 25.3 Å². The summed E-state index contributed by atoms with van der Waals surface area (Å²) in [6.07, 6.45) is 0.787. The van der Waals surface area contributed by atoms with E-state index in [1.807, 2.05) is 30.3 Å². The first-order chi connectivity index (χ1) is 12.7. The van der Waals surface area contributed by atoms with Gasteiger partial charge in [-0.25, -0.2) is 0 Å². The molecule has 0 radical (unpaired) electrons. The van der Waals surface area contributed by atoms with Crippen LogP contribution in [0.25, 0.3) is 0 Å². The number of hydrogen-bond acceptors (Lipinski definition) is 4. The zero-order valence-corrected chi connectivity index (χ0v) is 15.0. The molecule has 0 saturated carbocycles. The number of ether oxygens (including phenoxy) is 1. The molecule has 6 nitrogen and oxygen atoms in total. The molecule has 2 amide bonds. The highest BCUT2D eigenvalue weighted by Crippen LogP contribution is 2.09. The van der Waals surface area contributed by atoms with E-state index in [4.69, 9.17) is 4.74 Å². The minimum absolute atomic E-state index is 0.0780. The molecule has 0 spiro atoms. The van der Waals surface area contributed by atoms with Gasteiger partial charge < -0.3 is 20.7 Å². The summed E-state index contributed by atoms with van der Waals surface area (Å²) >= 11 is 0. The number of methoxy groups -OCH3 is 1. The maximum Gasteiger partial charge on any atom is 0.251 e. The minimum Gasteiger partial charge on any atom is -0.385 e. The molecule has 0 unspecified atom stereocenters. The number of benzene rings is 2. The van der Waals surface area contributed by atoms with E-state index in [-0.39, 0.29) is 18.4 Å². The standard InChI is InChI=1S/C20H25N3O3/c1-26-13-5-12-21-19(24)15-22-18-10-8-17(9-11-18)20(25)23-14-16-6-3-2-4-7-16/h2-4,6-11,22H,5,12-15H2,1H3,(H,21,24)(H,23,25). The van der Waals surface area contributed by atoms with Gasteiger partial charge in [-0.1, -0.05) is 30.3 Å². The van der Waals surface area contributed by atoms with E-state index >= 15 is 0 Å². The Morgan fingerprint density at radius 2 is 1.69 bits per heavy atom. The number of nitrogens with one attached hydrogen (secondary N) is 3. The van der Waals surface area contributed by atoms with Gasteiger partial charge in [0.1, 0.15) is 0 Å². The molecule has 0 aliphatic heterocycles. The van der Waals surface area contributed by atoms with E-state index in [1.165, 1.54) is 0 Å². The summed E-state index contributed by atoms with van der Waals surface area (Å²) < 4.78 is 4.93. The summed E-state index contributed by atoms with van der Waals surface area (Å²) in [5.41, 5.74) is 2.42. The van der Waals surface area contributed by atoms with Crippen molar-refractivity contribution in [1.29, 1.82) is 0 Å². The van der Waals surface area contributed by atoms with Gasteiger partial charge in [0.2, 0.25) is 5.91 Å². The molecule has 0 heterocycles. The van der Waals surface area contributed by atoms with Gasteiger partial charge in [-0.15, -0.1) is 0 Å². The summed E-state index contributed by atoms with van der Waals surface area (Å²) in [7, 11) is 1.63. The molecule has 3 N–H and O–H groups in total. The first-order valence-corrected chi connectivity index (χ1v) is 8.60. The summed E-state index contributed by atoms with van der Waals surface area (Å²) in [5, 5.41) is 8.72. The Labute approximate surface area is 153 Å². The van der Waals surface area contributed by atoms with Gasteiger partial charge in [-0.3, -0.25) is 9.59 Å². The van der Waals surface area contributed by atoms with Crippen LogP contribution in [0.5, 0.6) is 0 Å². The van der Waals surface area contributed by atoms with Crippen molar-refractivity contribution in [3.8, 4) is 0 Å². The highest BCUT2D eigenvalue weighted by molar-refractivity contribution is 5.94. The quantitative estimate of drug-likeness (QED) is 0.571. The third kappa shape index (κ3) is 6.94. The normalized spacial score (nSPS) is 10.2. The van der Waals surface area contributed by atoms with Crippen LogP contribution in [-0.2, 0) is 16.1 Å². The average Bonchev–Trinajstić information content (AvgIpc) is 2.69. The molecular formula is C20H25N3O3. The van der Waals surface area contributed by atoms with E-state index < -0.39 is 0 Å². The van der Waals surface area contributed by atoms with Gasteiger partial charge >= 0.3 is 0 Å². The molecule has 138 valence electrons. The molecule has 0 atom stereocenters. The van der Waals surface area contributed by atoms with Gasteiger partial charge in [0, 0.05) is 38.1 Å². The van der Waals surface area contributed by atoms with E-state index in [2.05, 4.69) is 16.0 Å². The lowest BCUT2D eigenvalue weighted by molar-refractivity contribution is -0.119. The van der Waals surface area contributed by atoms with Crippen molar-refractivity contribution in [2.45, 2.75) is 13.0 Å². The lowest BCUT2D eigenvalue weighted by Crippen LogP contribution is -2.31. The van der Waals surface area contributed by atoms with E-state index in [0.717, 1.165) is 17.7 Å². The molecule has 0 fully saturated rings. The van der Waals surface area contributed by atoms with Crippen LogP contribution in [0.2, 0.25) is 0 Å². The summed E-state index contributed by atoms with van der Waals surface area (Å²) in [6, 6.07) is 16.8. The number of hydrogen-bond donors (Lipinski definition) is 3. The summed E-state index contributed by atoms with van der Waals surface area (Å²) in [6.45, 7) is 1.89. The fourth-order valence-electron chi connectivity index (χ4n) is 2.31. The number of amides is 2. The number of rotatable bonds is 10. The molecule has 6 heteroatoms. The minimum atomic E-state index is -0.128. The van der Waals surface area contributed by atoms with Gasteiger partial charge in [-0.05, 0) is 36.2 Å². The first kappa shape index (κ1) is 19.5. The maximum absolute atomic E-state index is 12.2. The molecule has 0 bridgehead atoms. The average molecular weight is 355 g/mol. The lowest BCUT2D eigenvalue weighted by Gasteiger charge is -2.09. The highest BCUT2D eigenvalue weighted by atomic mass is 16.5. The van der Waals surface area contributed by atoms with Gasteiger partial charge in [-0.2, -0.15) is 0 Å². The monoisotopic (exact) mass is 355 g/mol. The Balaban J connectivity index is 1.73. The number of carbonyl (C=O) groups is 2. The third-order valence-electron chi connectivity index (χ3n) is 3.74. The van der Waals surface area contributed by atoms with Crippen LogP contribution in [0.3, 0.4) is 0 Å². The van der Waals surface area contributed by atoms with Gasteiger partial charge in [0.05, 0.1) is 6.54 Å². The van der Waals surface area contributed by atoms with Crippen molar-refractivity contribution in [2.24, 2.45) is 0 Å². The SMILES string of the molecule is COCCCNC(=O)CNc1ccc(C(=O)NCc2ccccc2)cc1. The van der Waals surface area contributed by atoms with Crippen molar-refractivity contribution >= 4 is 17.5 Å². The zero-order valence-electron chi connectivity index (χ0n) is 15.0. The predicted molar refractivity (Wildman–Crippen MR) is 102 cm³/mol. The molecule has 2 rings (SSSR count). The molecule has 0 aliphatic carbocycles. The van der Waals surface area contributed by atoms with E-state index in [9.17, 15) is 9.59 Å². The van der Waals surface area contributed by atoms with Gasteiger partial charge in [0.15, 0.2) is 0 Å². The van der Waals surface area contributed by atoms with Crippen LogP contribution in [0.15, 0.2) is 54.6 Å². The van der Waals surface area contributed by atoms with Crippen LogP contribution in [0, 0.1) is 0 Å². The van der Waals surface area contributed by atoms with Crippen molar-refractivity contribution in [3.05, 3.63) is 65.7 Å². The number of anilines is 1. The third-order valence-corrected chi connectivity index (χ3v) is 3.74. The summed E-state index contributed by atoms with van der Waals surface area (Å²) in [5.74, 6) is -0.206. The Morgan fingerprint density at radius 1 is 0.962 bits per heavy atom. The summed E-state index contributed by atoms with van der Waals surface area (Å²) in [4.78, 5) is 23.9. The van der Waals surface area contributed by atoms with Crippen molar-refractivity contribution in [1.82, 2.24) is 10.6 Å². The Hall–Kier alpha value is -2.86. The Kier molecular flexibility index (Phi) is 8.15.